The zero-order valence-corrected chi connectivity index (χ0v) is 6.46. The van der Waals surface area contributed by atoms with Gasteiger partial charge in [0.25, 0.3) is 0 Å². The Morgan fingerprint density at radius 1 is 1.44 bits per heavy atom. The van der Waals surface area contributed by atoms with Gasteiger partial charge in [-0.1, -0.05) is 0 Å². The van der Waals surface area contributed by atoms with Crippen molar-refractivity contribution in [1.82, 2.24) is 0 Å². The zero-order chi connectivity index (χ0) is 7.33. The van der Waals surface area contributed by atoms with Crippen LogP contribution < -0.4 is 0 Å². The molecule has 0 aromatic rings. The Hall–Kier alpha value is -0.340. The molecule has 0 rings (SSSR count). The minimum Gasteiger partial charge on any atom is -0.390 e. The van der Waals surface area contributed by atoms with Crippen LogP contribution in [0.5, 0.6) is 0 Å². The normalized spacial score (nSPS) is 12.9. The second-order valence-electron chi connectivity index (χ2n) is 2.71. The largest absolute Gasteiger partial charge is 0.390 e. The van der Waals surface area contributed by atoms with Gasteiger partial charge in [0.2, 0.25) is 0 Å². The van der Waals surface area contributed by atoms with E-state index in [-0.39, 0.29) is 6.61 Å². The summed E-state index contributed by atoms with van der Waals surface area (Å²) in [7, 11) is 4.10. The van der Waals surface area contributed by atoms with Gasteiger partial charge in [0, 0.05) is 0 Å². The molecule has 0 bridgehead atoms. The van der Waals surface area contributed by atoms with E-state index in [0.717, 1.165) is 11.0 Å². The first-order chi connectivity index (χ1) is 4.12. The van der Waals surface area contributed by atoms with E-state index in [1.807, 2.05) is 13.0 Å². The molecule has 0 aromatic heterocycles. The first kappa shape index (κ1) is 8.66. The maximum Gasteiger partial charge on any atom is 0.106 e. The van der Waals surface area contributed by atoms with Crippen molar-refractivity contribution in [2.45, 2.75) is 6.92 Å². The molecule has 0 aromatic carbocycles. The highest BCUT2D eigenvalue weighted by atomic mass is 16.3. The highest BCUT2D eigenvalue weighted by molar-refractivity contribution is 4.65. The van der Waals surface area contributed by atoms with Gasteiger partial charge in [-0.2, -0.15) is 0 Å². The summed E-state index contributed by atoms with van der Waals surface area (Å²) in [5.74, 6) is 0. The highest BCUT2D eigenvalue weighted by Gasteiger charge is 2.07. The lowest BCUT2D eigenvalue weighted by Crippen LogP contribution is -2.35. The first-order valence-corrected chi connectivity index (χ1v) is 3.20. The van der Waals surface area contributed by atoms with Crippen molar-refractivity contribution in [1.29, 1.82) is 0 Å². The molecular formula is C7H16NO+. The average Bonchev–Trinajstić information content (AvgIpc) is 1.64. The summed E-state index contributed by atoms with van der Waals surface area (Å²) >= 11 is 0. The van der Waals surface area contributed by atoms with Crippen LogP contribution in [0.25, 0.3) is 0 Å². The molecule has 0 heterocycles. The first-order valence-electron chi connectivity index (χ1n) is 3.20. The van der Waals surface area contributed by atoms with Gasteiger partial charge in [-0.25, -0.2) is 0 Å². The van der Waals surface area contributed by atoms with Crippen LogP contribution in [0.3, 0.4) is 0 Å². The van der Waals surface area contributed by atoms with Crippen LogP contribution >= 0.6 is 0 Å². The topological polar surface area (TPSA) is 20.2 Å². The van der Waals surface area contributed by atoms with Crippen molar-refractivity contribution in [3.05, 3.63) is 12.3 Å². The van der Waals surface area contributed by atoms with Crippen molar-refractivity contribution in [3.8, 4) is 0 Å². The Kier molecular flexibility index (Phi) is 3.50. The zero-order valence-electron chi connectivity index (χ0n) is 6.46. The highest BCUT2D eigenvalue weighted by Crippen LogP contribution is 1.95. The minimum atomic E-state index is 0.247. The lowest BCUT2D eigenvalue weighted by atomic mass is 10.5. The molecule has 0 amide bonds. The van der Waals surface area contributed by atoms with Crippen molar-refractivity contribution in [2.75, 3.05) is 27.2 Å². The lowest BCUT2D eigenvalue weighted by molar-refractivity contribution is -0.839. The van der Waals surface area contributed by atoms with Crippen LogP contribution in [-0.4, -0.2) is 36.8 Å². The fraction of sp³-hybridized carbons (Fsp3) is 0.714. The van der Waals surface area contributed by atoms with Crippen molar-refractivity contribution < 1.29 is 9.59 Å². The van der Waals surface area contributed by atoms with E-state index in [2.05, 4.69) is 20.3 Å². The van der Waals surface area contributed by atoms with Crippen molar-refractivity contribution in [3.63, 3.8) is 0 Å². The molecule has 54 valence electrons. The van der Waals surface area contributed by atoms with E-state index < -0.39 is 0 Å². The quantitative estimate of drug-likeness (QED) is 0.554. The second-order valence-corrected chi connectivity index (χ2v) is 2.71. The van der Waals surface area contributed by atoms with Gasteiger partial charge in [-0.05, 0) is 13.0 Å². The standard InChI is InChI=1S/C7H16NO/c1-4-5-8(2,3)6-7-9/h4-5,9H,6-7H2,1-3H3/q+1/b5-4+. The summed E-state index contributed by atoms with van der Waals surface area (Å²) < 4.78 is 0.757. The molecule has 2 nitrogen and oxygen atoms in total. The molecule has 0 atom stereocenters. The molecule has 0 saturated carbocycles. The average molecular weight is 130 g/mol. The van der Waals surface area contributed by atoms with Gasteiger partial charge in [0.05, 0.1) is 26.9 Å². The number of hydrogen-bond acceptors (Lipinski definition) is 1. The number of rotatable bonds is 3. The molecule has 1 N–H and O–H groups in total. The Balaban J connectivity index is 3.70. The van der Waals surface area contributed by atoms with Gasteiger partial charge in [0.1, 0.15) is 6.54 Å². The van der Waals surface area contributed by atoms with E-state index in [4.69, 9.17) is 5.11 Å². The molecule has 0 saturated heterocycles. The Morgan fingerprint density at radius 2 is 2.00 bits per heavy atom. The molecule has 0 fully saturated rings. The molecule has 9 heavy (non-hydrogen) atoms. The maximum atomic E-state index is 8.58. The number of allylic oxidation sites excluding steroid dienone is 1. The van der Waals surface area contributed by atoms with Crippen molar-refractivity contribution >= 4 is 0 Å². The Labute approximate surface area is 57.0 Å². The summed E-state index contributed by atoms with van der Waals surface area (Å²) in [5, 5.41) is 8.58. The Bertz CT molecular complexity index is 97.1. The maximum absolute atomic E-state index is 8.58. The predicted octanol–water partition coefficient (Wildman–Crippen LogP) is 0.589. The number of hydrogen-bond donors (Lipinski definition) is 1. The van der Waals surface area contributed by atoms with E-state index in [0.29, 0.717) is 0 Å². The fourth-order valence-corrected chi connectivity index (χ4v) is 0.736. The third-order valence-electron chi connectivity index (χ3n) is 1.23. The number of nitrogens with zero attached hydrogens (tertiary/aromatic N) is 1. The smallest absolute Gasteiger partial charge is 0.106 e. The molecule has 0 spiro atoms. The van der Waals surface area contributed by atoms with E-state index >= 15 is 0 Å². The monoisotopic (exact) mass is 130 g/mol. The van der Waals surface area contributed by atoms with Crippen LogP contribution in [0, 0.1) is 0 Å². The third kappa shape index (κ3) is 4.18. The minimum absolute atomic E-state index is 0.247. The van der Waals surface area contributed by atoms with Crippen LogP contribution in [0.15, 0.2) is 12.3 Å². The van der Waals surface area contributed by atoms with Crippen LogP contribution in [0.2, 0.25) is 0 Å². The summed E-state index contributed by atoms with van der Waals surface area (Å²) in [6, 6.07) is 0. The second kappa shape index (κ2) is 3.64. The number of quaternary nitrogens is 1. The lowest BCUT2D eigenvalue weighted by Gasteiger charge is -2.23. The summed E-state index contributed by atoms with van der Waals surface area (Å²) in [6.07, 6.45) is 4.05. The number of aliphatic hydroxyl groups excluding tert-OH is 1. The third-order valence-corrected chi connectivity index (χ3v) is 1.23. The molecular weight excluding hydrogens is 114 g/mol. The van der Waals surface area contributed by atoms with E-state index in [1.165, 1.54) is 0 Å². The van der Waals surface area contributed by atoms with Gasteiger partial charge in [0.15, 0.2) is 0 Å². The molecule has 0 aliphatic heterocycles. The summed E-state index contributed by atoms with van der Waals surface area (Å²) in [4.78, 5) is 0. The number of likely N-dealkylation sites (N-methyl/N-ethyl adjacent to an activating group) is 1. The van der Waals surface area contributed by atoms with Gasteiger partial charge < -0.3 is 9.59 Å². The predicted molar refractivity (Wildman–Crippen MR) is 38.9 cm³/mol. The van der Waals surface area contributed by atoms with Crippen LogP contribution in [-0.2, 0) is 0 Å². The molecule has 0 aliphatic carbocycles. The number of aliphatic hydroxyl groups is 1. The summed E-state index contributed by atoms with van der Waals surface area (Å²) in [6.45, 7) is 3.01. The van der Waals surface area contributed by atoms with E-state index in [1.54, 1.807) is 0 Å². The van der Waals surface area contributed by atoms with Crippen LogP contribution in [0.4, 0.5) is 0 Å². The molecule has 0 radical (unpaired) electrons. The van der Waals surface area contributed by atoms with Gasteiger partial charge >= 0.3 is 0 Å². The molecule has 0 aliphatic rings. The summed E-state index contributed by atoms with van der Waals surface area (Å²) in [5.41, 5.74) is 0. The van der Waals surface area contributed by atoms with Gasteiger partial charge in [-0.15, -0.1) is 0 Å². The van der Waals surface area contributed by atoms with Crippen molar-refractivity contribution in [2.24, 2.45) is 0 Å². The molecule has 0 unspecified atom stereocenters. The Morgan fingerprint density at radius 3 is 2.33 bits per heavy atom. The SMILES string of the molecule is C/C=C/[N+](C)(C)CCO. The van der Waals surface area contributed by atoms with E-state index in [9.17, 15) is 0 Å². The fourth-order valence-electron chi connectivity index (χ4n) is 0.736. The van der Waals surface area contributed by atoms with Crippen LogP contribution in [0.1, 0.15) is 6.92 Å². The van der Waals surface area contributed by atoms with Gasteiger partial charge in [-0.3, -0.25) is 0 Å². The molecule has 2 heteroatoms.